The summed E-state index contributed by atoms with van der Waals surface area (Å²) < 4.78 is 2.40. The van der Waals surface area contributed by atoms with Gasteiger partial charge in [-0.15, -0.1) is 0 Å². The topological polar surface area (TPSA) is 29.9 Å². The van der Waals surface area contributed by atoms with E-state index in [2.05, 4.69) is 48.0 Å². The number of para-hydroxylation sites is 1. The molecule has 3 rings (SSSR count). The van der Waals surface area contributed by atoms with Gasteiger partial charge in [0.25, 0.3) is 0 Å². The minimum atomic E-state index is 0.908. The lowest BCUT2D eigenvalue weighted by molar-refractivity contribution is 0.619. The molecule has 1 aromatic carbocycles. The standard InChI is InChI=1S/C16H21N3/c1-3-6-16-18-13-11-17-10-9-15(13)19(16)14-8-5-4-7-12(14)2/h4-5,7-8,17H,3,6,9-11H2,1-2H3. The maximum Gasteiger partial charge on any atom is 0.113 e. The molecule has 0 spiro atoms. The number of rotatable bonds is 3. The minimum Gasteiger partial charge on any atom is -0.311 e. The van der Waals surface area contributed by atoms with Gasteiger partial charge in [-0.1, -0.05) is 25.1 Å². The van der Waals surface area contributed by atoms with Crippen LogP contribution in [-0.4, -0.2) is 16.1 Å². The van der Waals surface area contributed by atoms with E-state index in [0.717, 1.165) is 32.4 Å². The van der Waals surface area contributed by atoms with Gasteiger partial charge in [0.15, 0.2) is 0 Å². The van der Waals surface area contributed by atoms with Crippen LogP contribution in [0.1, 0.15) is 36.1 Å². The number of hydrogen-bond acceptors (Lipinski definition) is 2. The number of nitrogens with one attached hydrogen (secondary N) is 1. The summed E-state index contributed by atoms with van der Waals surface area (Å²) in [5, 5.41) is 3.41. The molecular weight excluding hydrogens is 234 g/mol. The Labute approximate surface area is 114 Å². The van der Waals surface area contributed by atoms with Crippen molar-refractivity contribution in [2.45, 2.75) is 39.7 Å². The average Bonchev–Trinajstić information content (AvgIpc) is 2.78. The van der Waals surface area contributed by atoms with Gasteiger partial charge in [-0.3, -0.25) is 0 Å². The van der Waals surface area contributed by atoms with Crippen molar-refractivity contribution < 1.29 is 0 Å². The van der Waals surface area contributed by atoms with Gasteiger partial charge < -0.3 is 9.88 Å². The van der Waals surface area contributed by atoms with E-state index in [1.165, 1.54) is 28.5 Å². The van der Waals surface area contributed by atoms with Crippen molar-refractivity contribution in [1.29, 1.82) is 0 Å². The van der Waals surface area contributed by atoms with Gasteiger partial charge in [-0.25, -0.2) is 4.98 Å². The highest BCUT2D eigenvalue weighted by molar-refractivity contribution is 5.44. The predicted octanol–water partition coefficient (Wildman–Crippen LogP) is 2.78. The molecule has 0 amide bonds. The fourth-order valence-electron chi connectivity index (χ4n) is 2.86. The molecule has 100 valence electrons. The first-order valence-electron chi connectivity index (χ1n) is 7.17. The summed E-state index contributed by atoms with van der Waals surface area (Å²) >= 11 is 0. The lowest BCUT2D eigenvalue weighted by Crippen LogP contribution is -2.24. The third kappa shape index (κ3) is 2.19. The number of hydrogen-bond donors (Lipinski definition) is 1. The van der Waals surface area contributed by atoms with Crippen LogP contribution >= 0.6 is 0 Å². The number of fused-ring (bicyclic) bond motifs is 1. The van der Waals surface area contributed by atoms with Crippen LogP contribution in [0, 0.1) is 6.92 Å². The van der Waals surface area contributed by atoms with Crippen molar-refractivity contribution in [2.24, 2.45) is 0 Å². The molecule has 0 saturated carbocycles. The molecule has 0 atom stereocenters. The molecule has 3 nitrogen and oxygen atoms in total. The molecule has 0 radical (unpaired) electrons. The van der Waals surface area contributed by atoms with Crippen molar-refractivity contribution in [1.82, 2.24) is 14.9 Å². The third-order valence-corrected chi connectivity index (χ3v) is 3.79. The molecule has 19 heavy (non-hydrogen) atoms. The number of aryl methyl sites for hydroxylation is 2. The highest BCUT2D eigenvalue weighted by Gasteiger charge is 2.20. The Morgan fingerprint density at radius 3 is 2.95 bits per heavy atom. The lowest BCUT2D eigenvalue weighted by atomic mass is 10.1. The Hall–Kier alpha value is -1.61. The Balaban J connectivity index is 2.18. The van der Waals surface area contributed by atoms with E-state index in [0.29, 0.717) is 0 Å². The second kappa shape index (κ2) is 5.17. The quantitative estimate of drug-likeness (QED) is 0.914. The summed E-state index contributed by atoms with van der Waals surface area (Å²) in [7, 11) is 0. The fraction of sp³-hybridized carbons (Fsp3) is 0.438. The second-order valence-corrected chi connectivity index (χ2v) is 5.22. The summed E-state index contributed by atoms with van der Waals surface area (Å²) in [6.07, 6.45) is 3.25. The van der Waals surface area contributed by atoms with Crippen LogP contribution in [0.25, 0.3) is 5.69 Å². The first-order chi connectivity index (χ1) is 9.31. The third-order valence-electron chi connectivity index (χ3n) is 3.79. The molecule has 2 heterocycles. The number of imidazole rings is 1. The molecule has 3 heteroatoms. The van der Waals surface area contributed by atoms with Gasteiger partial charge in [0.1, 0.15) is 5.82 Å². The maximum atomic E-state index is 4.86. The molecular formula is C16H21N3. The Kier molecular flexibility index (Phi) is 3.38. The zero-order valence-corrected chi connectivity index (χ0v) is 11.7. The van der Waals surface area contributed by atoms with E-state index in [9.17, 15) is 0 Å². The highest BCUT2D eigenvalue weighted by atomic mass is 15.1. The average molecular weight is 255 g/mol. The van der Waals surface area contributed by atoms with Crippen molar-refractivity contribution in [3.8, 4) is 5.69 Å². The summed E-state index contributed by atoms with van der Waals surface area (Å²) in [5.41, 5.74) is 5.25. The summed E-state index contributed by atoms with van der Waals surface area (Å²) in [6.45, 7) is 6.35. The number of aromatic nitrogens is 2. The fourth-order valence-corrected chi connectivity index (χ4v) is 2.86. The van der Waals surface area contributed by atoms with E-state index in [-0.39, 0.29) is 0 Å². The van der Waals surface area contributed by atoms with Gasteiger partial charge in [0.05, 0.1) is 5.69 Å². The number of benzene rings is 1. The molecule has 1 aliphatic rings. The van der Waals surface area contributed by atoms with E-state index < -0.39 is 0 Å². The van der Waals surface area contributed by atoms with Crippen LogP contribution in [0.3, 0.4) is 0 Å². The molecule has 1 aromatic heterocycles. The SMILES string of the molecule is CCCc1nc2c(n1-c1ccccc1C)CCNC2. The summed E-state index contributed by atoms with van der Waals surface area (Å²) in [6, 6.07) is 8.60. The van der Waals surface area contributed by atoms with Crippen LogP contribution < -0.4 is 5.32 Å². The Morgan fingerprint density at radius 1 is 1.32 bits per heavy atom. The molecule has 0 fully saturated rings. The van der Waals surface area contributed by atoms with E-state index in [1.54, 1.807) is 0 Å². The van der Waals surface area contributed by atoms with Gasteiger partial charge in [-0.2, -0.15) is 0 Å². The first-order valence-corrected chi connectivity index (χ1v) is 7.17. The van der Waals surface area contributed by atoms with Crippen LogP contribution in [0.4, 0.5) is 0 Å². The molecule has 0 aliphatic carbocycles. The van der Waals surface area contributed by atoms with Gasteiger partial charge in [0, 0.05) is 37.3 Å². The molecule has 2 aromatic rings. The van der Waals surface area contributed by atoms with Crippen LogP contribution in [0.2, 0.25) is 0 Å². The van der Waals surface area contributed by atoms with Crippen molar-refractivity contribution >= 4 is 0 Å². The van der Waals surface area contributed by atoms with Crippen LogP contribution in [0.5, 0.6) is 0 Å². The van der Waals surface area contributed by atoms with Crippen molar-refractivity contribution in [3.05, 3.63) is 47.0 Å². The van der Waals surface area contributed by atoms with Crippen molar-refractivity contribution in [2.75, 3.05) is 6.54 Å². The Morgan fingerprint density at radius 2 is 2.16 bits per heavy atom. The van der Waals surface area contributed by atoms with Gasteiger partial charge >= 0.3 is 0 Å². The maximum absolute atomic E-state index is 4.86. The monoisotopic (exact) mass is 255 g/mol. The second-order valence-electron chi connectivity index (χ2n) is 5.22. The molecule has 1 aliphatic heterocycles. The lowest BCUT2D eigenvalue weighted by Gasteiger charge is -2.17. The zero-order valence-electron chi connectivity index (χ0n) is 11.7. The van der Waals surface area contributed by atoms with E-state index >= 15 is 0 Å². The van der Waals surface area contributed by atoms with E-state index in [4.69, 9.17) is 4.98 Å². The largest absolute Gasteiger partial charge is 0.311 e. The number of nitrogens with zero attached hydrogens (tertiary/aromatic N) is 2. The molecule has 0 saturated heterocycles. The van der Waals surface area contributed by atoms with Crippen LogP contribution in [-0.2, 0) is 19.4 Å². The first kappa shape index (κ1) is 12.4. The predicted molar refractivity (Wildman–Crippen MR) is 77.7 cm³/mol. The van der Waals surface area contributed by atoms with E-state index in [1.807, 2.05) is 0 Å². The molecule has 0 unspecified atom stereocenters. The van der Waals surface area contributed by atoms with Crippen LogP contribution in [0.15, 0.2) is 24.3 Å². The minimum absolute atomic E-state index is 0.908. The molecule has 0 bridgehead atoms. The van der Waals surface area contributed by atoms with Crippen molar-refractivity contribution in [3.63, 3.8) is 0 Å². The summed E-state index contributed by atoms with van der Waals surface area (Å²) in [4.78, 5) is 4.86. The summed E-state index contributed by atoms with van der Waals surface area (Å²) in [5.74, 6) is 1.21. The smallest absolute Gasteiger partial charge is 0.113 e. The van der Waals surface area contributed by atoms with Gasteiger partial charge in [0.2, 0.25) is 0 Å². The highest BCUT2D eigenvalue weighted by Crippen LogP contribution is 2.24. The Bertz CT molecular complexity index is 584. The molecule has 1 N–H and O–H groups in total. The normalized spacial score (nSPS) is 14.4. The zero-order chi connectivity index (χ0) is 13.2. The van der Waals surface area contributed by atoms with Gasteiger partial charge in [-0.05, 0) is 25.0 Å².